The second-order valence-electron chi connectivity index (χ2n) is 5.34. The van der Waals surface area contributed by atoms with Crippen LogP contribution in [0.25, 0.3) is 0 Å². The van der Waals surface area contributed by atoms with E-state index in [9.17, 15) is 9.59 Å². The molecule has 2 aromatic heterocycles. The summed E-state index contributed by atoms with van der Waals surface area (Å²) in [6, 6.07) is 3.73. The van der Waals surface area contributed by atoms with Gasteiger partial charge in [0.2, 0.25) is 11.0 Å². The molecule has 0 saturated heterocycles. The average molecular weight is 351 g/mol. The molecule has 2 rings (SSSR count). The van der Waals surface area contributed by atoms with Crippen LogP contribution in [-0.4, -0.2) is 21.9 Å². The summed E-state index contributed by atoms with van der Waals surface area (Å²) in [5.41, 5.74) is 0. The number of carbonyl (C=O) groups is 2. The van der Waals surface area contributed by atoms with Crippen molar-refractivity contribution in [1.82, 2.24) is 10.2 Å². The molecule has 7 heteroatoms. The van der Waals surface area contributed by atoms with E-state index in [1.165, 1.54) is 22.7 Å². The Labute approximate surface area is 144 Å². The SMILES string of the molecule is CCC(CC)c1nnc(NC(=O)CCC(=O)c2ccc(C)s2)s1. The van der Waals surface area contributed by atoms with Gasteiger partial charge in [-0.3, -0.25) is 9.59 Å². The summed E-state index contributed by atoms with van der Waals surface area (Å²) in [5.74, 6) is 0.203. The number of aromatic nitrogens is 2. The van der Waals surface area contributed by atoms with Crippen molar-refractivity contribution in [2.45, 2.75) is 52.4 Å². The molecule has 0 unspecified atom stereocenters. The lowest BCUT2D eigenvalue weighted by Crippen LogP contribution is -2.13. The maximum atomic E-state index is 12.0. The first-order chi connectivity index (χ1) is 11.0. The number of nitrogens with zero attached hydrogens (tertiary/aromatic N) is 2. The van der Waals surface area contributed by atoms with Crippen LogP contribution in [0.15, 0.2) is 12.1 Å². The van der Waals surface area contributed by atoms with Gasteiger partial charge in [-0.2, -0.15) is 0 Å². The summed E-state index contributed by atoms with van der Waals surface area (Å²) in [6.45, 7) is 6.19. The minimum absolute atomic E-state index is 0.00762. The van der Waals surface area contributed by atoms with E-state index in [1.54, 1.807) is 0 Å². The summed E-state index contributed by atoms with van der Waals surface area (Å²) < 4.78 is 0. The van der Waals surface area contributed by atoms with Crippen LogP contribution < -0.4 is 5.32 Å². The molecule has 0 fully saturated rings. The van der Waals surface area contributed by atoms with E-state index in [4.69, 9.17) is 0 Å². The number of nitrogens with one attached hydrogen (secondary N) is 1. The first kappa shape index (κ1) is 17.7. The van der Waals surface area contributed by atoms with E-state index in [0.29, 0.717) is 15.9 Å². The molecule has 2 aromatic rings. The molecular weight excluding hydrogens is 330 g/mol. The highest BCUT2D eigenvalue weighted by Crippen LogP contribution is 2.28. The average Bonchev–Trinajstić information content (AvgIpc) is 3.16. The molecule has 0 saturated carbocycles. The lowest BCUT2D eigenvalue weighted by atomic mass is 10.1. The minimum atomic E-state index is -0.195. The van der Waals surface area contributed by atoms with Crippen molar-refractivity contribution in [2.75, 3.05) is 5.32 Å². The molecular formula is C16H21N3O2S2. The number of rotatable bonds is 8. The molecule has 2 heterocycles. The van der Waals surface area contributed by atoms with Crippen LogP contribution in [0.3, 0.4) is 0 Å². The van der Waals surface area contributed by atoms with Crippen LogP contribution in [0.4, 0.5) is 5.13 Å². The molecule has 0 radical (unpaired) electrons. The van der Waals surface area contributed by atoms with Crippen molar-refractivity contribution >= 4 is 39.5 Å². The summed E-state index contributed by atoms with van der Waals surface area (Å²) in [4.78, 5) is 25.7. The van der Waals surface area contributed by atoms with E-state index in [2.05, 4.69) is 29.4 Å². The zero-order valence-electron chi connectivity index (χ0n) is 13.6. The maximum absolute atomic E-state index is 12.0. The summed E-state index contributed by atoms with van der Waals surface area (Å²) in [7, 11) is 0. The lowest BCUT2D eigenvalue weighted by Gasteiger charge is -2.05. The van der Waals surface area contributed by atoms with Gasteiger partial charge >= 0.3 is 0 Å². The molecule has 0 atom stereocenters. The fourth-order valence-electron chi connectivity index (χ4n) is 2.20. The van der Waals surface area contributed by atoms with E-state index < -0.39 is 0 Å². The van der Waals surface area contributed by atoms with Crippen molar-refractivity contribution in [2.24, 2.45) is 0 Å². The van der Waals surface area contributed by atoms with Gasteiger partial charge in [-0.1, -0.05) is 25.2 Å². The van der Waals surface area contributed by atoms with Crippen molar-refractivity contribution in [3.63, 3.8) is 0 Å². The van der Waals surface area contributed by atoms with Crippen LogP contribution in [0.1, 0.15) is 65.0 Å². The predicted octanol–water partition coefficient (Wildman–Crippen LogP) is 4.41. The number of ketones is 1. The molecule has 23 heavy (non-hydrogen) atoms. The summed E-state index contributed by atoms with van der Waals surface area (Å²) in [6.07, 6.45) is 2.39. The van der Waals surface area contributed by atoms with Gasteiger partial charge in [0.1, 0.15) is 5.01 Å². The third-order valence-corrected chi connectivity index (χ3v) is 5.66. The number of anilines is 1. The first-order valence-electron chi connectivity index (χ1n) is 7.76. The molecule has 0 bridgehead atoms. The molecule has 0 aliphatic rings. The number of hydrogen-bond donors (Lipinski definition) is 1. The number of amides is 1. The maximum Gasteiger partial charge on any atom is 0.226 e. The van der Waals surface area contributed by atoms with Gasteiger partial charge in [0.25, 0.3) is 0 Å². The third-order valence-electron chi connectivity index (χ3n) is 3.62. The minimum Gasteiger partial charge on any atom is -0.301 e. The Morgan fingerprint density at radius 3 is 2.48 bits per heavy atom. The quantitative estimate of drug-likeness (QED) is 0.715. The Bertz CT molecular complexity index is 674. The Hall–Kier alpha value is -1.60. The molecule has 0 aromatic carbocycles. The zero-order chi connectivity index (χ0) is 16.8. The normalized spacial score (nSPS) is 11.0. The topological polar surface area (TPSA) is 72.0 Å². The van der Waals surface area contributed by atoms with E-state index in [-0.39, 0.29) is 24.5 Å². The molecule has 1 N–H and O–H groups in total. The molecule has 1 amide bonds. The summed E-state index contributed by atoms with van der Waals surface area (Å²) in [5, 5.41) is 12.4. The van der Waals surface area contributed by atoms with Gasteiger partial charge in [-0.05, 0) is 31.9 Å². The van der Waals surface area contributed by atoms with Gasteiger partial charge < -0.3 is 5.32 Å². The van der Waals surface area contributed by atoms with Gasteiger partial charge in [0.15, 0.2) is 5.78 Å². The largest absolute Gasteiger partial charge is 0.301 e. The molecule has 5 nitrogen and oxygen atoms in total. The second-order valence-corrected chi connectivity index (χ2v) is 7.64. The van der Waals surface area contributed by atoms with Gasteiger partial charge in [0.05, 0.1) is 4.88 Å². The molecule has 124 valence electrons. The number of Topliss-reactive ketones (excluding diaryl/α,β-unsaturated/α-hetero) is 1. The molecule has 0 aliphatic carbocycles. The fourth-order valence-corrected chi connectivity index (χ4v) is 4.07. The van der Waals surface area contributed by atoms with Crippen molar-refractivity contribution in [1.29, 1.82) is 0 Å². The van der Waals surface area contributed by atoms with E-state index in [1.807, 2.05) is 19.1 Å². The number of hydrogen-bond acceptors (Lipinski definition) is 6. The first-order valence-corrected chi connectivity index (χ1v) is 9.39. The zero-order valence-corrected chi connectivity index (χ0v) is 15.2. The van der Waals surface area contributed by atoms with Crippen molar-refractivity contribution in [3.05, 3.63) is 26.9 Å². The van der Waals surface area contributed by atoms with Gasteiger partial charge in [-0.25, -0.2) is 0 Å². The standard InChI is InChI=1S/C16H21N3O2S2/c1-4-11(5-2)15-18-19-16(23-15)17-14(21)9-7-12(20)13-8-6-10(3)22-13/h6,8,11H,4-5,7,9H2,1-3H3,(H,17,19,21). The Morgan fingerprint density at radius 1 is 1.13 bits per heavy atom. The highest BCUT2D eigenvalue weighted by molar-refractivity contribution is 7.15. The monoisotopic (exact) mass is 351 g/mol. The predicted molar refractivity (Wildman–Crippen MR) is 94.5 cm³/mol. The van der Waals surface area contributed by atoms with Gasteiger partial charge in [0, 0.05) is 23.6 Å². The third kappa shape index (κ3) is 4.94. The number of aryl methyl sites for hydroxylation is 1. The van der Waals surface area contributed by atoms with Crippen LogP contribution in [0, 0.1) is 6.92 Å². The highest BCUT2D eigenvalue weighted by atomic mass is 32.1. The Balaban J connectivity index is 1.84. The molecule has 0 aliphatic heterocycles. The highest BCUT2D eigenvalue weighted by Gasteiger charge is 2.15. The molecule has 0 spiro atoms. The Kier molecular flexibility index (Phi) is 6.41. The van der Waals surface area contributed by atoms with Crippen molar-refractivity contribution in [3.8, 4) is 0 Å². The number of thiophene rings is 1. The number of carbonyl (C=O) groups excluding carboxylic acids is 2. The lowest BCUT2D eigenvalue weighted by molar-refractivity contribution is -0.116. The van der Waals surface area contributed by atoms with Crippen LogP contribution in [-0.2, 0) is 4.79 Å². The van der Waals surface area contributed by atoms with Crippen LogP contribution >= 0.6 is 22.7 Å². The van der Waals surface area contributed by atoms with E-state index in [0.717, 1.165) is 22.7 Å². The van der Waals surface area contributed by atoms with E-state index >= 15 is 0 Å². The van der Waals surface area contributed by atoms with Crippen LogP contribution in [0.2, 0.25) is 0 Å². The summed E-state index contributed by atoms with van der Waals surface area (Å²) >= 11 is 2.88. The van der Waals surface area contributed by atoms with Crippen LogP contribution in [0.5, 0.6) is 0 Å². The smallest absolute Gasteiger partial charge is 0.226 e. The Morgan fingerprint density at radius 2 is 1.87 bits per heavy atom. The van der Waals surface area contributed by atoms with Crippen molar-refractivity contribution < 1.29 is 9.59 Å². The second kappa shape index (κ2) is 8.31. The fraction of sp³-hybridized carbons (Fsp3) is 0.500. The van der Waals surface area contributed by atoms with Gasteiger partial charge in [-0.15, -0.1) is 21.5 Å².